The first-order chi connectivity index (χ1) is 14.4. The third-order valence-corrected chi connectivity index (χ3v) is 4.68. The zero-order valence-corrected chi connectivity index (χ0v) is 16.1. The van der Waals surface area contributed by atoms with E-state index >= 15 is 0 Å². The van der Waals surface area contributed by atoms with Crippen LogP contribution in [0.2, 0.25) is 0 Å². The number of H-pyrrole nitrogens is 1. The summed E-state index contributed by atoms with van der Waals surface area (Å²) >= 11 is 0. The quantitative estimate of drug-likeness (QED) is 0.372. The third-order valence-electron chi connectivity index (χ3n) is 4.68. The van der Waals surface area contributed by atoms with Crippen molar-refractivity contribution >= 4 is 22.6 Å². The van der Waals surface area contributed by atoms with Crippen LogP contribution in [0.3, 0.4) is 0 Å². The summed E-state index contributed by atoms with van der Waals surface area (Å²) in [6, 6.07) is 15.6. The van der Waals surface area contributed by atoms with Crippen LogP contribution >= 0.6 is 0 Å². The molecule has 2 heterocycles. The van der Waals surface area contributed by atoms with E-state index < -0.39 is 11.7 Å². The Morgan fingerprint density at radius 2 is 1.93 bits per heavy atom. The van der Waals surface area contributed by atoms with Gasteiger partial charge in [-0.2, -0.15) is 18.3 Å². The zero-order valence-electron chi connectivity index (χ0n) is 16.1. The number of benzene rings is 2. The van der Waals surface area contributed by atoms with E-state index in [-0.39, 0.29) is 5.88 Å². The summed E-state index contributed by atoms with van der Waals surface area (Å²) in [5.41, 5.74) is 3.29. The predicted molar refractivity (Wildman–Crippen MR) is 110 cm³/mol. The molecule has 0 atom stereocenters. The number of aromatic nitrogens is 3. The summed E-state index contributed by atoms with van der Waals surface area (Å²) in [7, 11) is 0. The molecule has 0 aliphatic rings. The van der Waals surface area contributed by atoms with Crippen LogP contribution in [0.5, 0.6) is 11.6 Å². The first-order valence-corrected chi connectivity index (χ1v) is 9.37. The van der Waals surface area contributed by atoms with Crippen LogP contribution in [-0.4, -0.2) is 15.2 Å². The summed E-state index contributed by atoms with van der Waals surface area (Å²) in [5, 5.41) is 8.00. The van der Waals surface area contributed by atoms with Gasteiger partial charge in [-0.3, -0.25) is 5.10 Å². The number of fused-ring (bicyclic) bond motifs is 1. The molecule has 0 aliphatic carbocycles. The molecule has 1 N–H and O–H groups in total. The minimum atomic E-state index is -4.42. The lowest BCUT2D eigenvalue weighted by Crippen LogP contribution is -2.05. The third kappa shape index (κ3) is 4.35. The maximum atomic E-state index is 12.7. The minimum absolute atomic E-state index is 0.104. The molecule has 0 saturated heterocycles. The number of aromatic amines is 1. The lowest BCUT2D eigenvalue weighted by atomic mass is 10.00. The van der Waals surface area contributed by atoms with Gasteiger partial charge in [0.05, 0.1) is 17.3 Å². The molecule has 0 aliphatic heterocycles. The maximum Gasteiger partial charge on any atom is 0.417 e. The van der Waals surface area contributed by atoms with Gasteiger partial charge in [-0.25, -0.2) is 4.98 Å². The van der Waals surface area contributed by atoms with Crippen molar-refractivity contribution in [2.75, 3.05) is 0 Å². The van der Waals surface area contributed by atoms with Gasteiger partial charge in [-0.05, 0) is 53.5 Å². The molecule has 4 nitrogen and oxygen atoms in total. The highest BCUT2D eigenvalue weighted by Gasteiger charge is 2.30. The highest BCUT2D eigenvalue weighted by molar-refractivity contribution is 5.86. The van der Waals surface area contributed by atoms with E-state index in [9.17, 15) is 13.2 Å². The second-order valence-corrected chi connectivity index (χ2v) is 6.75. The van der Waals surface area contributed by atoms with Gasteiger partial charge in [0.2, 0.25) is 5.88 Å². The molecule has 0 unspecified atom stereocenters. The Balaban J connectivity index is 1.58. The maximum absolute atomic E-state index is 12.7. The summed E-state index contributed by atoms with van der Waals surface area (Å²) in [6.07, 6.45) is 1.02. The highest BCUT2D eigenvalue weighted by atomic mass is 19.4. The number of nitrogens with zero attached hydrogens (tertiary/aromatic N) is 2. The highest BCUT2D eigenvalue weighted by Crippen LogP contribution is 2.31. The van der Waals surface area contributed by atoms with Crippen LogP contribution in [0.25, 0.3) is 22.6 Å². The van der Waals surface area contributed by atoms with E-state index in [0.29, 0.717) is 5.75 Å². The lowest BCUT2D eigenvalue weighted by Gasteiger charge is -2.10. The Kier molecular flexibility index (Phi) is 5.27. The van der Waals surface area contributed by atoms with Gasteiger partial charge >= 0.3 is 6.18 Å². The van der Waals surface area contributed by atoms with Gasteiger partial charge < -0.3 is 4.74 Å². The van der Waals surface area contributed by atoms with Crippen LogP contribution in [0.1, 0.15) is 30.0 Å². The van der Waals surface area contributed by atoms with Crippen molar-refractivity contribution in [3.63, 3.8) is 0 Å². The van der Waals surface area contributed by atoms with Crippen molar-refractivity contribution in [2.24, 2.45) is 0 Å². The van der Waals surface area contributed by atoms with Gasteiger partial charge in [-0.15, -0.1) is 0 Å². The average Bonchev–Trinajstić information content (AvgIpc) is 3.20. The molecule has 0 fully saturated rings. The van der Waals surface area contributed by atoms with Crippen LogP contribution in [-0.2, 0) is 6.18 Å². The summed E-state index contributed by atoms with van der Waals surface area (Å²) < 4.78 is 43.7. The Labute approximate surface area is 171 Å². The summed E-state index contributed by atoms with van der Waals surface area (Å²) in [5.74, 6) is 0.608. The second kappa shape index (κ2) is 8.02. The molecule has 4 rings (SSSR count). The molecule has 2 aromatic carbocycles. The van der Waals surface area contributed by atoms with Gasteiger partial charge in [-0.1, -0.05) is 31.2 Å². The van der Waals surface area contributed by atoms with Crippen molar-refractivity contribution in [1.82, 2.24) is 15.2 Å². The standard InChI is InChI=1S/C23H18F3N3O/c1-2-16(10-15-6-8-21-18(11-15)13-28-29-21)17-4-3-5-20(12-17)30-22-9-7-19(14-27-22)23(24,25)26/h3-14H,2H2,1H3,(H,28,29)/b16-10+. The van der Waals surface area contributed by atoms with E-state index in [4.69, 9.17) is 4.74 Å². The summed E-state index contributed by atoms with van der Waals surface area (Å²) in [6.45, 7) is 2.06. The molecule has 2 aromatic heterocycles. The molecule has 30 heavy (non-hydrogen) atoms. The Hall–Kier alpha value is -3.61. The number of ether oxygens (including phenoxy) is 1. The number of alkyl halides is 3. The minimum Gasteiger partial charge on any atom is -0.439 e. The first kappa shape index (κ1) is 19.7. The molecule has 0 saturated carbocycles. The van der Waals surface area contributed by atoms with E-state index in [1.165, 1.54) is 6.07 Å². The number of rotatable bonds is 5. The Bertz CT molecular complexity index is 1190. The predicted octanol–water partition coefficient (Wildman–Crippen LogP) is 6.72. The van der Waals surface area contributed by atoms with Crippen LogP contribution in [0, 0.1) is 0 Å². The Morgan fingerprint density at radius 3 is 2.67 bits per heavy atom. The van der Waals surface area contributed by atoms with Gasteiger partial charge in [0, 0.05) is 17.6 Å². The van der Waals surface area contributed by atoms with Crippen LogP contribution < -0.4 is 4.74 Å². The number of halogens is 3. The smallest absolute Gasteiger partial charge is 0.417 e. The second-order valence-electron chi connectivity index (χ2n) is 6.75. The molecule has 0 radical (unpaired) electrons. The van der Waals surface area contributed by atoms with Crippen molar-refractivity contribution in [3.8, 4) is 11.6 Å². The van der Waals surface area contributed by atoms with Crippen LogP contribution in [0.15, 0.2) is 67.0 Å². The zero-order chi connectivity index (χ0) is 21.1. The van der Waals surface area contributed by atoms with Crippen molar-refractivity contribution in [3.05, 3.63) is 83.7 Å². The van der Waals surface area contributed by atoms with Crippen molar-refractivity contribution in [2.45, 2.75) is 19.5 Å². The monoisotopic (exact) mass is 409 g/mol. The fourth-order valence-electron chi connectivity index (χ4n) is 3.13. The number of hydrogen-bond acceptors (Lipinski definition) is 3. The molecule has 0 bridgehead atoms. The average molecular weight is 409 g/mol. The molecular formula is C23H18F3N3O. The summed E-state index contributed by atoms with van der Waals surface area (Å²) in [4.78, 5) is 3.76. The number of nitrogens with one attached hydrogen (secondary N) is 1. The molecule has 4 aromatic rings. The molecule has 0 spiro atoms. The van der Waals surface area contributed by atoms with Crippen molar-refractivity contribution < 1.29 is 17.9 Å². The molecular weight excluding hydrogens is 391 g/mol. The van der Waals surface area contributed by atoms with Gasteiger partial charge in [0.1, 0.15) is 5.75 Å². The molecule has 7 heteroatoms. The topological polar surface area (TPSA) is 50.8 Å². The van der Waals surface area contributed by atoms with E-state index in [1.807, 2.05) is 30.3 Å². The first-order valence-electron chi connectivity index (χ1n) is 9.37. The largest absolute Gasteiger partial charge is 0.439 e. The number of hydrogen-bond donors (Lipinski definition) is 1. The van der Waals surface area contributed by atoms with Crippen LogP contribution in [0.4, 0.5) is 13.2 Å². The SMILES string of the molecule is CC/C(=C\c1ccc2[nH]ncc2c1)c1cccc(Oc2ccc(C(F)(F)F)cn2)c1. The van der Waals surface area contributed by atoms with Crippen molar-refractivity contribution in [1.29, 1.82) is 0 Å². The molecule has 152 valence electrons. The fourth-order valence-corrected chi connectivity index (χ4v) is 3.13. The number of allylic oxidation sites excluding steroid dienone is 1. The fraction of sp³-hybridized carbons (Fsp3) is 0.130. The van der Waals surface area contributed by atoms with E-state index in [1.54, 1.807) is 12.3 Å². The lowest BCUT2D eigenvalue weighted by molar-refractivity contribution is -0.137. The Morgan fingerprint density at radius 1 is 1.07 bits per heavy atom. The van der Waals surface area contributed by atoms with E-state index in [2.05, 4.69) is 34.2 Å². The molecule has 0 amide bonds. The normalized spacial score (nSPS) is 12.3. The van der Waals surface area contributed by atoms with Gasteiger partial charge in [0.25, 0.3) is 0 Å². The number of pyridine rings is 1. The van der Waals surface area contributed by atoms with Gasteiger partial charge in [0.15, 0.2) is 0 Å². The van der Waals surface area contributed by atoms with E-state index in [0.717, 1.165) is 46.3 Å².